The van der Waals surface area contributed by atoms with E-state index in [2.05, 4.69) is 155 Å². The molecule has 0 saturated carbocycles. The van der Waals surface area contributed by atoms with Crippen LogP contribution >= 0.6 is 0 Å². The van der Waals surface area contributed by atoms with Gasteiger partial charge in [0.05, 0.1) is 0 Å². The fourth-order valence-electron chi connectivity index (χ4n) is 10.3. The molecular weight excluding hydrogens is 945 g/mol. The van der Waals surface area contributed by atoms with Crippen LogP contribution in [0.3, 0.4) is 0 Å². The van der Waals surface area contributed by atoms with Gasteiger partial charge in [0.25, 0.3) is 5.91 Å². The monoisotopic (exact) mass is 1020 g/mol. The number of nitrogens with zero attached hydrogens (tertiary/aromatic N) is 2. The number of nitrogens with two attached hydrogens (primary N) is 1. The number of aliphatic hydroxyl groups excluding tert-OH is 1. The minimum atomic E-state index is -1.09. The van der Waals surface area contributed by atoms with Gasteiger partial charge in [-0.3, -0.25) is 14.4 Å². The molecule has 2 unspecified atom stereocenters. The zero-order valence-corrected chi connectivity index (χ0v) is 46.4. The molecule has 8 rings (SSSR count). The maximum absolute atomic E-state index is 13.9. The highest BCUT2D eigenvalue weighted by atomic mass is 16.7. The first-order valence-corrected chi connectivity index (χ1v) is 26.2. The molecule has 10 nitrogen and oxygen atoms in total. The van der Waals surface area contributed by atoms with Gasteiger partial charge < -0.3 is 30.1 Å². The zero-order valence-electron chi connectivity index (χ0n) is 46.4. The van der Waals surface area contributed by atoms with Gasteiger partial charge in [-0.05, 0) is 166 Å². The molecule has 0 heterocycles. The molecule has 0 saturated heterocycles. The number of fused-ring (bicyclic) bond motifs is 2. The van der Waals surface area contributed by atoms with E-state index in [0.717, 1.165) is 70.8 Å². The van der Waals surface area contributed by atoms with E-state index in [9.17, 15) is 14.7 Å². The number of aliphatic hydroxyl groups is 1. The van der Waals surface area contributed by atoms with Crippen molar-refractivity contribution in [3.05, 3.63) is 188 Å². The van der Waals surface area contributed by atoms with Gasteiger partial charge in [0, 0.05) is 72.9 Å². The van der Waals surface area contributed by atoms with Crippen LogP contribution in [0.1, 0.15) is 170 Å². The molecule has 394 valence electrons. The van der Waals surface area contributed by atoms with Crippen molar-refractivity contribution in [2.45, 2.75) is 128 Å². The van der Waals surface area contributed by atoms with E-state index in [-0.39, 0.29) is 21.7 Å². The number of anilines is 2. The van der Waals surface area contributed by atoms with E-state index < -0.39 is 24.0 Å². The van der Waals surface area contributed by atoms with Crippen LogP contribution in [-0.2, 0) is 39.7 Å². The van der Waals surface area contributed by atoms with Crippen LogP contribution in [-0.4, -0.2) is 45.1 Å². The van der Waals surface area contributed by atoms with Gasteiger partial charge in [-0.2, -0.15) is 0 Å². The lowest BCUT2D eigenvalue weighted by Crippen LogP contribution is -2.35. The Morgan fingerprint density at radius 2 is 0.974 bits per heavy atom. The molecule has 6 aromatic rings. The van der Waals surface area contributed by atoms with Gasteiger partial charge in [0.15, 0.2) is 6.10 Å². The van der Waals surface area contributed by atoms with Gasteiger partial charge in [0.2, 0.25) is 5.91 Å². The maximum atomic E-state index is 13.9. The third kappa shape index (κ3) is 12.4. The van der Waals surface area contributed by atoms with Crippen LogP contribution in [0.15, 0.2) is 121 Å². The number of hydroxylamine groups is 1. The molecule has 76 heavy (non-hydrogen) atoms. The van der Waals surface area contributed by atoms with Crippen LogP contribution in [0.25, 0.3) is 0 Å². The van der Waals surface area contributed by atoms with Crippen LogP contribution < -0.4 is 30.5 Å². The standard InChI is InChI=1S/C66H74N4O6/c1-63(2)33-35-65(5,6)59-53(63)37-49(39-57(59)74-41-45-17-27-51(28-18-45)69(9)10)55(71)31-21-43-15-25-48(26-16-43)62(73)68-76-56(32-22-44-13-23-47(24-14-44)61(67)72)50-38-54-60(66(7,8)36-34-64(54,3)4)58(40-50)75-42-46-19-29-52(30-20-46)70(11)12/h13-20,23-30,37-40,55-56,71H,33-36,41-42H2,1-12H3,(H2,67,72)(H,68,73). The van der Waals surface area contributed by atoms with Gasteiger partial charge in [-0.1, -0.05) is 115 Å². The molecule has 2 aliphatic rings. The predicted octanol–water partition coefficient (Wildman–Crippen LogP) is 12.3. The van der Waals surface area contributed by atoms with Crippen molar-refractivity contribution >= 4 is 23.2 Å². The number of rotatable bonds is 14. The van der Waals surface area contributed by atoms with Crippen LogP contribution in [0.2, 0.25) is 0 Å². The van der Waals surface area contributed by atoms with Gasteiger partial charge in [-0.25, -0.2) is 5.48 Å². The first-order chi connectivity index (χ1) is 35.9. The summed E-state index contributed by atoms with van der Waals surface area (Å²) in [5.74, 6) is 13.2. The van der Waals surface area contributed by atoms with Crippen molar-refractivity contribution in [3.8, 4) is 35.2 Å². The topological polar surface area (TPSA) is 127 Å². The first kappa shape index (κ1) is 54.8. The third-order valence-corrected chi connectivity index (χ3v) is 15.4. The Labute approximate surface area is 450 Å². The Morgan fingerprint density at radius 3 is 1.42 bits per heavy atom. The van der Waals surface area contributed by atoms with E-state index in [4.69, 9.17) is 20.0 Å². The number of benzene rings is 6. The van der Waals surface area contributed by atoms with Crippen LogP contribution in [0.4, 0.5) is 11.4 Å². The second kappa shape index (κ2) is 22.0. The minimum absolute atomic E-state index is 0.118. The Kier molecular flexibility index (Phi) is 15.8. The number of ether oxygens (including phenoxy) is 2. The van der Waals surface area contributed by atoms with Crippen molar-refractivity contribution in [3.63, 3.8) is 0 Å². The molecular formula is C66H74N4O6. The summed E-state index contributed by atoms with van der Waals surface area (Å²) >= 11 is 0. The summed E-state index contributed by atoms with van der Waals surface area (Å²) in [7, 11) is 8.08. The van der Waals surface area contributed by atoms with Crippen molar-refractivity contribution in [1.82, 2.24) is 5.48 Å². The molecule has 2 amide bonds. The molecule has 2 atom stereocenters. The lowest BCUT2D eigenvalue weighted by molar-refractivity contribution is 0.00706. The number of amides is 2. The minimum Gasteiger partial charge on any atom is -0.489 e. The van der Waals surface area contributed by atoms with E-state index >= 15 is 0 Å². The van der Waals surface area contributed by atoms with Crippen molar-refractivity contribution in [2.24, 2.45) is 5.73 Å². The molecule has 4 N–H and O–H groups in total. The van der Waals surface area contributed by atoms with E-state index in [1.165, 1.54) is 11.1 Å². The molecule has 0 bridgehead atoms. The highest BCUT2D eigenvalue weighted by Gasteiger charge is 2.42. The summed E-state index contributed by atoms with van der Waals surface area (Å²) in [4.78, 5) is 36.2. The Bertz CT molecular complexity index is 3220. The van der Waals surface area contributed by atoms with Gasteiger partial charge in [-0.15, -0.1) is 0 Å². The maximum Gasteiger partial charge on any atom is 0.274 e. The smallest absolute Gasteiger partial charge is 0.274 e. The summed E-state index contributed by atoms with van der Waals surface area (Å²) in [6.07, 6.45) is 1.95. The summed E-state index contributed by atoms with van der Waals surface area (Å²) in [5, 5.41) is 11.7. The van der Waals surface area contributed by atoms with E-state index in [1.54, 1.807) is 48.5 Å². The van der Waals surface area contributed by atoms with Gasteiger partial charge >= 0.3 is 0 Å². The average molecular weight is 1020 g/mol. The van der Waals surface area contributed by atoms with Crippen LogP contribution in [0, 0.1) is 23.7 Å². The Hall–Kier alpha value is -7.50. The lowest BCUT2D eigenvalue weighted by atomic mass is 9.62. The summed E-state index contributed by atoms with van der Waals surface area (Å²) in [5.41, 5.74) is 19.9. The first-order valence-electron chi connectivity index (χ1n) is 26.2. The molecule has 0 aromatic heterocycles. The van der Waals surface area contributed by atoms with Crippen molar-refractivity contribution in [1.29, 1.82) is 0 Å². The highest BCUT2D eigenvalue weighted by molar-refractivity contribution is 5.93. The highest BCUT2D eigenvalue weighted by Crippen LogP contribution is 2.52. The Balaban J connectivity index is 1.05. The second-order valence-electron chi connectivity index (χ2n) is 23.5. The number of carbonyl (C=O) groups is 2. The number of carbonyl (C=O) groups excluding carboxylic acids is 2. The molecule has 0 aliphatic heterocycles. The quantitative estimate of drug-likeness (QED) is 0.0727. The molecule has 6 aromatic carbocycles. The predicted molar refractivity (Wildman–Crippen MR) is 305 cm³/mol. The number of hydrogen-bond donors (Lipinski definition) is 3. The fourth-order valence-corrected chi connectivity index (χ4v) is 10.3. The molecule has 2 aliphatic carbocycles. The fraction of sp³-hybridized carbons (Fsp3) is 0.364. The lowest BCUT2D eigenvalue weighted by Gasteiger charge is -2.43. The van der Waals surface area contributed by atoms with E-state index in [1.807, 2.05) is 40.3 Å². The van der Waals surface area contributed by atoms with Crippen LogP contribution in [0.5, 0.6) is 11.5 Å². The summed E-state index contributed by atoms with van der Waals surface area (Å²) < 4.78 is 13.4. The average Bonchev–Trinajstić information content (AvgIpc) is 3.44. The SMILES string of the molecule is CN(C)c1ccc(COc2cc(C(O)C#Cc3ccc(C(=O)NOC(C#Cc4ccc(C(N)=O)cc4)c4cc(OCc5ccc(N(C)C)cc5)c5c(c4)C(C)(C)CCC5(C)C)cc3)cc3c2C(C)(C)CCC3(C)C)cc1. The normalized spacial score (nSPS) is 16.2. The molecule has 0 fully saturated rings. The van der Waals surface area contributed by atoms with Gasteiger partial charge in [0.1, 0.15) is 30.8 Å². The van der Waals surface area contributed by atoms with Crippen molar-refractivity contribution in [2.75, 3.05) is 38.0 Å². The second-order valence-corrected chi connectivity index (χ2v) is 23.5. The summed E-state index contributed by atoms with van der Waals surface area (Å²) in [6, 6.07) is 38.4. The number of hydrogen-bond acceptors (Lipinski definition) is 8. The number of nitrogens with one attached hydrogen (secondary N) is 1. The molecule has 10 heteroatoms. The van der Waals surface area contributed by atoms with E-state index in [0.29, 0.717) is 46.6 Å². The summed E-state index contributed by atoms with van der Waals surface area (Å²) in [6.45, 7) is 18.8. The molecule has 0 spiro atoms. The Morgan fingerprint density at radius 1 is 0.566 bits per heavy atom. The zero-order chi connectivity index (χ0) is 54.7. The largest absolute Gasteiger partial charge is 0.489 e. The third-order valence-electron chi connectivity index (χ3n) is 15.4. The molecule has 0 radical (unpaired) electrons. The number of primary amides is 1. The van der Waals surface area contributed by atoms with Crippen molar-refractivity contribution < 1.29 is 29.0 Å².